The Bertz CT molecular complexity index is 1430. The van der Waals surface area contributed by atoms with Gasteiger partial charge in [0.1, 0.15) is 6.33 Å². The van der Waals surface area contributed by atoms with Crippen LogP contribution in [-0.2, 0) is 0 Å². The smallest absolute Gasteiger partial charge is 0.115 e. The normalized spacial score (nSPS) is 18.4. The zero-order valence-electron chi connectivity index (χ0n) is 39.6. The highest BCUT2D eigenvalue weighted by molar-refractivity contribution is 5.79. The zero-order valence-corrected chi connectivity index (χ0v) is 39.6. The van der Waals surface area contributed by atoms with E-state index < -0.39 is 0 Å². The molecule has 0 spiro atoms. The van der Waals surface area contributed by atoms with E-state index >= 15 is 0 Å². The standard InChI is InChI=1S/2C7H14.C7H8.C6H13N.C6H7N.2C6H8.C5H6N2.C5H7N/c3*1-7-5-3-2-4-6-7;2*1-6-3-2-4-7-5-6;2*1-6-4-2-3-5-6;1-5-2-6-4-7-3-5;1-5-2-3-6-4-5/h2*7H,2-6H2,1H3;2-6H,1H3;6-7H,2-5H2,1H3;2-5H,1H3;2,4-5H,3H2,1H3;2-4H,5H2,1H3;2-4H,1H3;2,4H,3H2,1H3. The average molecular weight is 816 g/mol. The van der Waals surface area contributed by atoms with E-state index in [2.05, 4.69) is 128 Å². The van der Waals surface area contributed by atoms with Crippen LogP contribution in [0.4, 0.5) is 0 Å². The minimum atomic E-state index is 0.895. The minimum absolute atomic E-state index is 0.895. The second kappa shape index (κ2) is 37.8. The van der Waals surface area contributed by atoms with Gasteiger partial charge in [0.15, 0.2) is 0 Å². The van der Waals surface area contributed by atoms with Crippen LogP contribution in [-0.4, -0.2) is 40.8 Å². The lowest BCUT2D eigenvalue weighted by Gasteiger charge is -2.17. The van der Waals surface area contributed by atoms with Crippen LogP contribution < -0.4 is 5.32 Å². The molecule has 1 aromatic carbocycles. The monoisotopic (exact) mass is 816 g/mol. The number of nitrogens with one attached hydrogen (secondary N) is 1. The van der Waals surface area contributed by atoms with Crippen LogP contribution in [0, 0.1) is 38.5 Å². The third kappa shape index (κ3) is 35.7. The van der Waals surface area contributed by atoms with Crippen molar-refractivity contribution in [3.8, 4) is 0 Å². The summed E-state index contributed by atoms with van der Waals surface area (Å²) in [4.78, 5) is 15.4. The predicted molar refractivity (Wildman–Crippen MR) is 265 cm³/mol. The van der Waals surface area contributed by atoms with E-state index in [1.54, 1.807) is 18.6 Å². The Labute approximate surface area is 369 Å². The Balaban J connectivity index is 0.000000338. The van der Waals surface area contributed by atoms with Gasteiger partial charge in [0.05, 0.1) is 6.54 Å². The van der Waals surface area contributed by atoms with E-state index in [1.165, 1.54) is 131 Å². The van der Waals surface area contributed by atoms with Gasteiger partial charge in [-0.3, -0.25) is 9.98 Å². The summed E-state index contributed by atoms with van der Waals surface area (Å²) < 4.78 is 0. The number of allylic oxidation sites excluding steroid dienone is 9. The maximum atomic E-state index is 3.95. The van der Waals surface area contributed by atoms with Gasteiger partial charge in [-0.25, -0.2) is 9.97 Å². The van der Waals surface area contributed by atoms with Gasteiger partial charge >= 0.3 is 0 Å². The maximum absolute atomic E-state index is 3.95. The minimum Gasteiger partial charge on any atom is -0.316 e. The van der Waals surface area contributed by atoms with Crippen molar-refractivity contribution in [3.05, 3.63) is 150 Å². The van der Waals surface area contributed by atoms with E-state index in [0.29, 0.717) is 0 Å². The molecule has 2 aromatic heterocycles. The molecule has 0 amide bonds. The van der Waals surface area contributed by atoms with Gasteiger partial charge in [-0.1, -0.05) is 181 Å². The quantitative estimate of drug-likeness (QED) is 0.245. The van der Waals surface area contributed by atoms with Gasteiger partial charge < -0.3 is 5.32 Å². The number of hydrogen-bond acceptors (Lipinski definition) is 5. The third-order valence-electron chi connectivity index (χ3n) is 10.5. The average Bonchev–Trinajstić information content (AvgIpc) is 4.07. The van der Waals surface area contributed by atoms with Gasteiger partial charge in [-0.15, -0.1) is 0 Å². The van der Waals surface area contributed by atoms with Crippen LogP contribution >= 0.6 is 0 Å². The third-order valence-corrected chi connectivity index (χ3v) is 10.5. The van der Waals surface area contributed by atoms with Crippen molar-refractivity contribution >= 4 is 6.21 Å². The highest BCUT2D eigenvalue weighted by Gasteiger charge is 2.07. The molecule has 1 N–H and O–H groups in total. The fourth-order valence-electron chi connectivity index (χ4n) is 6.57. The predicted octanol–water partition coefficient (Wildman–Crippen LogP) is 15.2. The second-order valence-electron chi connectivity index (χ2n) is 17.2. The van der Waals surface area contributed by atoms with Gasteiger partial charge in [0.25, 0.3) is 0 Å². The summed E-state index contributed by atoms with van der Waals surface area (Å²) in [5, 5.41) is 3.33. The fraction of sp³-hybridized carbons (Fsp3) is 0.527. The van der Waals surface area contributed by atoms with Crippen LogP contribution in [0.3, 0.4) is 0 Å². The first kappa shape index (κ1) is 53.8. The van der Waals surface area contributed by atoms with E-state index in [4.69, 9.17) is 0 Å². The van der Waals surface area contributed by atoms with Crippen LogP contribution in [0.1, 0.15) is 148 Å². The Hall–Kier alpha value is -4.22. The van der Waals surface area contributed by atoms with Crippen LogP contribution in [0.5, 0.6) is 0 Å². The molecule has 6 aliphatic rings. The first-order valence-corrected chi connectivity index (χ1v) is 23.2. The van der Waals surface area contributed by atoms with Crippen molar-refractivity contribution in [2.45, 2.75) is 152 Å². The maximum Gasteiger partial charge on any atom is 0.115 e. The summed E-state index contributed by atoms with van der Waals surface area (Å²) in [6.45, 7) is 22.8. The van der Waals surface area contributed by atoms with Crippen LogP contribution in [0.15, 0.2) is 138 Å². The Morgan fingerprint density at radius 2 is 1.17 bits per heavy atom. The lowest BCUT2D eigenvalue weighted by molar-refractivity contribution is 0.385. The number of aromatic nitrogens is 3. The summed E-state index contributed by atoms with van der Waals surface area (Å²) >= 11 is 0. The van der Waals surface area contributed by atoms with Crippen LogP contribution in [0.2, 0.25) is 0 Å². The molecule has 1 saturated heterocycles. The summed E-state index contributed by atoms with van der Waals surface area (Å²) in [5.74, 6) is 3.00. The molecule has 3 fully saturated rings. The summed E-state index contributed by atoms with van der Waals surface area (Å²) in [6, 6.07) is 14.2. The first-order valence-electron chi connectivity index (χ1n) is 23.2. The van der Waals surface area contributed by atoms with Crippen molar-refractivity contribution in [3.63, 3.8) is 0 Å². The molecule has 5 nitrogen and oxygen atoms in total. The fourth-order valence-corrected chi connectivity index (χ4v) is 6.57. The Morgan fingerprint density at radius 3 is 1.38 bits per heavy atom. The second-order valence-corrected chi connectivity index (χ2v) is 17.2. The number of hydrogen-bond donors (Lipinski definition) is 1. The van der Waals surface area contributed by atoms with E-state index in [0.717, 1.165) is 36.3 Å². The molecule has 4 heterocycles. The molecule has 330 valence electrons. The van der Waals surface area contributed by atoms with Crippen molar-refractivity contribution in [2.24, 2.45) is 22.7 Å². The largest absolute Gasteiger partial charge is 0.316 e. The molecule has 0 bridgehead atoms. The van der Waals surface area contributed by atoms with Gasteiger partial charge in [-0.05, 0) is 121 Å². The van der Waals surface area contributed by atoms with Crippen LogP contribution in [0.25, 0.3) is 0 Å². The summed E-state index contributed by atoms with van der Waals surface area (Å²) in [6.07, 6.45) is 45.5. The Morgan fingerprint density at radius 1 is 0.567 bits per heavy atom. The summed E-state index contributed by atoms with van der Waals surface area (Å²) in [5.41, 5.74) is 7.78. The number of rotatable bonds is 0. The number of nitrogens with zero attached hydrogens (tertiary/aromatic N) is 4. The molecule has 1 unspecified atom stereocenters. The molecule has 0 radical (unpaired) electrons. The highest BCUT2D eigenvalue weighted by atomic mass is 14.9. The topological polar surface area (TPSA) is 63.1 Å². The highest BCUT2D eigenvalue weighted by Crippen LogP contribution is 2.22. The molecule has 1 atom stereocenters. The zero-order chi connectivity index (χ0) is 43.9. The first-order chi connectivity index (χ1) is 29.0. The van der Waals surface area contributed by atoms with E-state index in [-0.39, 0.29) is 0 Å². The number of aryl methyl sites for hydroxylation is 3. The summed E-state index contributed by atoms with van der Waals surface area (Å²) in [7, 11) is 0. The van der Waals surface area contributed by atoms with Crippen molar-refractivity contribution in [2.75, 3.05) is 19.6 Å². The lowest BCUT2D eigenvalue weighted by atomic mass is 9.91. The number of piperidine rings is 1. The van der Waals surface area contributed by atoms with Crippen molar-refractivity contribution in [1.82, 2.24) is 20.3 Å². The molecule has 2 aliphatic heterocycles. The molecule has 2 saturated carbocycles. The number of aliphatic imine (C=N–C) groups is 1. The Kier molecular flexibility index (Phi) is 33.9. The van der Waals surface area contributed by atoms with Gasteiger partial charge in [0, 0.05) is 31.0 Å². The van der Waals surface area contributed by atoms with Crippen molar-refractivity contribution in [1.29, 1.82) is 0 Å². The van der Waals surface area contributed by atoms with Crippen molar-refractivity contribution < 1.29 is 0 Å². The SMILES string of the molecule is CC1=CC=CC1.CC1=CCC=C1.CC1=CCN=C1.CC1CCCCC1.CC1CCCCC1.CC1CCCNC1.Cc1ccccc1.Cc1cccnc1.Cc1cncnc1. The molecule has 3 aromatic rings. The molecular weight excluding hydrogens is 731 g/mol. The number of benzene rings is 1. The number of pyridine rings is 1. The molecule has 60 heavy (non-hydrogen) atoms. The molecular formula is C55H85N5. The van der Waals surface area contributed by atoms with E-state index in [1.807, 2.05) is 56.6 Å². The van der Waals surface area contributed by atoms with E-state index in [9.17, 15) is 0 Å². The molecule has 9 rings (SSSR count). The lowest BCUT2D eigenvalue weighted by Crippen LogP contribution is -2.27. The molecule has 4 aliphatic carbocycles. The molecule has 5 heteroatoms. The van der Waals surface area contributed by atoms with Gasteiger partial charge in [0.2, 0.25) is 0 Å². The van der Waals surface area contributed by atoms with Gasteiger partial charge in [-0.2, -0.15) is 0 Å².